The summed E-state index contributed by atoms with van der Waals surface area (Å²) >= 11 is 0. The fourth-order valence-corrected chi connectivity index (χ4v) is 1.82. The summed E-state index contributed by atoms with van der Waals surface area (Å²) in [6.07, 6.45) is 0.501. The van der Waals surface area contributed by atoms with Gasteiger partial charge in [0.15, 0.2) is 0 Å². The third-order valence-corrected chi connectivity index (χ3v) is 2.85. The van der Waals surface area contributed by atoms with Gasteiger partial charge in [0.1, 0.15) is 6.04 Å². The number of carbonyl (C=O) groups excluding carboxylic acids is 1. The van der Waals surface area contributed by atoms with Crippen LogP contribution in [0.15, 0.2) is 30.3 Å². The first kappa shape index (κ1) is 16.2. The van der Waals surface area contributed by atoms with E-state index < -0.39 is 12.0 Å². The van der Waals surface area contributed by atoms with Crippen molar-refractivity contribution in [1.29, 1.82) is 0 Å². The van der Waals surface area contributed by atoms with Gasteiger partial charge < -0.3 is 10.4 Å². The Morgan fingerprint density at radius 1 is 1.20 bits per heavy atom. The molecule has 20 heavy (non-hydrogen) atoms. The number of nitrogens with one attached hydrogen (secondary N) is 2. The van der Waals surface area contributed by atoms with E-state index >= 15 is 0 Å². The number of amides is 1. The summed E-state index contributed by atoms with van der Waals surface area (Å²) < 4.78 is 0. The smallest absolute Gasteiger partial charge is 0.320 e. The molecule has 0 spiro atoms. The Kier molecular flexibility index (Phi) is 6.73. The minimum atomic E-state index is -0.922. The zero-order chi connectivity index (χ0) is 15.0. The van der Waals surface area contributed by atoms with Crippen molar-refractivity contribution in [3.63, 3.8) is 0 Å². The highest BCUT2D eigenvalue weighted by molar-refractivity contribution is 5.79. The Morgan fingerprint density at radius 3 is 2.40 bits per heavy atom. The van der Waals surface area contributed by atoms with Crippen molar-refractivity contribution in [3.05, 3.63) is 35.9 Å². The van der Waals surface area contributed by atoms with Gasteiger partial charge in [-0.1, -0.05) is 44.2 Å². The van der Waals surface area contributed by atoms with Crippen molar-refractivity contribution < 1.29 is 14.7 Å². The third-order valence-electron chi connectivity index (χ3n) is 2.85. The maximum Gasteiger partial charge on any atom is 0.320 e. The Bertz CT molecular complexity index is 432. The van der Waals surface area contributed by atoms with E-state index in [4.69, 9.17) is 5.11 Å². The highest BCUT2D eigenvalue weighted by Gasteiger charge is 2.18. The molecule has 1 amide bonds. The van der Waals surface area contributed by atoms with Crippen molar-refractivity contribution >= 4 is 11.9 Å². The molecule has 0 aliphatic carbocycles. The molecule has 0 saturated carbocycles. The van der Waals surface area contributed by atoms with Crippen LogP contribution in [0.1, 0.15) is 25.8 Å². The number of hydrogen-bond donors (Lipinski definition) is 3. The highest BCUT2D eigenvalue weighted by Crippen LogP contribution is 2.04. The summed E-state index contributed by atoms with van der Waals surface area (Å²) in [4.78, 5) is 22.7. The van der Waals surface area contributed by atoms with Crippen LogP contribution in [0.5, 0.6) is 0 Å². The molecule has 1 aromatic rings. The molecule has 0 bridgehead atoms. The van der Waals surface area contributed by atoms with Gasteiger partial charge in [0.25, 0.3) is 0 Å². The molecule has 110 valence electrons. The number of carbonyl (C=O) groups is 2. The van der Waals surface area contributed by atoms with Crippen LogP contribution >= 0.6 is 0 Å². The number of rotatable bonds is 8. The molecule has 5 heteroatoms. The standard InChI is InChI=1S/C15H22N2O3/c1-11(2)8-13(15(19)20)16-10-14(18)17-9-12-6-4-3-5-7-12/h3-7,11,13,16H,8-10H2,1-2H3,(H,17,18)(H,19,20). The van der Waals surface area contributed by atoms with E-state index in [1.807, 2.05) is 44.2 Å². The largest absolute Gasteiger partial charge is 0.480 e. The second-order valence-corrected chi connectivity index (χ2v) is 5.16. The van der Waals surface area contributed by atoms with E-state index in [9.17, 15) is 9.59 Å². The molecule has 0 aliphatic rings. The average molecular weight is 278 g/mol. The maximum absolute atomic E-state index is 11.7. The average Bonchev–Trinajstić information content (AvgIpc) is 2.41. The summed E-state index contributed by atoms with van der Waals surface area (Å²) in [7, 11) is 0. The molecule has 0 heterocycles. The molecule has 1 rings (SSSR count). The Balaban J connectivity index is 2.32. The van der Waals surface area contributed by atoms with Gasteiger partial charge in [0.2, 0.25) is 5.91 Å². The number of carboxylic acid groups (broad SMARTS) is 1. The Morgan fingerprint density at radius 2 is 1.85 bits per heavy atom. The van der Waals surface area contributed by atoms with Gasteiger partial charge in [-0.2, -0.15) is 0 Å². The molecule has 0 fully saturated rings. The van der Waals surface area contributed by atoms with Gasteiger partial charge in [-0.3, -0.25) is 14.9 Å². The molecule has 1 aromatic carbocycles. The fraction of sp³-hybridized carbons (Fsp3) is 0.467. The summed E-state index contributed by atoms with van der Waals surface area (Å²) in [5.41, 5.74) is 1.01. The minimum absolute atomic E-state index is 0.0104. The second kappa shape index (κ2) is 8.32. The van der Waals surface area contributed by atoms with Crippen LogP contribution < -0.4 is 10.6 Å². The number of benzene rings is 1. The summed E-state index contributed by atoms with van der Waals surface area (Å²) in [5.74, 6) is -0.866. The zero-order valence-electron chi connectivity index (χ0n) is 11.9. The van der Waals surface area contributed by atoms with Crippen LogP contribution in [0.3, 0.4) is 0 Å². The van der Waals surface area contributed by atoms with Crippen LogP contribution in [0.2, 0.25) is 0 Å². The van der Waals surface area contributed by atoms with Crippen molar-refractivity contribution in [2.24, 2.45) is 5.92 Å². The molecule has 0 saturated heterocycles. The predicted octanol–water partition coefficient (Wildman–Crippen LogP) is 1.39. The topological polar surface area (TPSA) is 78.4 Å². The van der Waals surface area contributed by atoms with Crippen LogP contribution in [0, 0.1) is 5.92 Å². The first-order chi connectivity index (χ1) is 9.49. The molecular formula is C15H22N2O3. The van der Waals surface area contributed by atoms with Crippen molar-refractivity contribution in [3.8, 4) is 0 Å². The zero-order valence-corrected chi connectivity index (χ0v) is 11.9. The minimum Gasteiger partial charge on any atom is -0.480 e. The summed E-state index contributed by atoms with van der Waals surface area (Å²) in [6.45, 7) is 4.36. The van der Waals surface area contributed by atoms with Gasteiger partial charge >= 0.3 is 5.97 Å². The quantitative estimate of drug-likeness (QED) is 0.671. The van der Waals surface area contributed by atoms with E-state index in [2.05, 4.69) is 10.6 Å². The van der Waals surface area contributed by atoms with Gasteiger partial charge in [0.05, 0.1) is 6.54 Å². The summed E-state index contributed by atoms with van der Waals surface area (Å²) in [6, 6.07) is 8.89. The predicted molar refractivity (Wildman–Crippen MR) is 77.2 cm³/mol. The lowest BCUT2D eigenvalue weighted by Crippen LogP contribution is -2.43. The monoisotopic (exact) mass is 278 g/mol. The first-order valence-electron chi connectivity index (χ1n) is 6.76. The number of aliphatic carboxylic acids is 1. The van der Waals surface area contributed by atoms with Gasteiger partial charge in [0, 0.05) is 6.54 Å². The molecular weight excluding hydrogens is 256 g/mol. The molecule has 5 nitrogen and oxygen atoms in total. The van der Waals surface area contributed by atoms with E-state index in [1.165, 1.54) is 0 Å². The van der Waals surface area contributed by atoms with Gasteiger partial charge in [-0.25, -0.2) is 0 Å². The van der Waals surface area contributed by atoms with Gasteiger partial charge in [-0.15, -0.1) is 0 Å². The molecule has 1 unspecified atom stereocenters. The molecule has 0 aromatic heterocycles. The Labute approximate surface area is 119 Å². The van der Waals surface area contributed by atoms with Crippen molar-refractivity contribution in [2.45, 2.75) is 32.9 Å². The van der Waals surface area contributed by atoms with Crippen LogP contribution in [0.4, 0.5) is 0 Å². The number of carboxylic acids is 1. The lowest BCUT2D eigenvalue weighted by atomic mass is 10.0. The maximum atomic E-state index is 11.7. The number of hydrogen-bond acceptors (Lipinski definition) is 3. The van der Waals surface area contributed by atoms with Gasteiger partial charge in [-0.05, 0) is 17.9 Å². The highest BCUT2D eigenvalue weighted by atomic mass is 16.4. The molecule has 0 aliphatic heterocycles. The second-order valence-electron chi connectivity index (χ2n) is 5.16. The normalized spacial score (nSPS) is 12.2. The third kappa shape index (κ3) is 6.33. The first-order valence-corrected chi connectivity index (χ1v) is 6.76. The molecule has 0 radical (unpaired) electrons. The Hall–Kier alpha value is -1.88. The SMILES string of the molecule is CC(C)CC(NCC(=O)NCc1ccccc1)C(=O)O. The van der Waals surface area contributed by atoms with Crippen LogP contribution in [0.25, 0.3) is 0 Å². The van der Waals surface area contributed by atoms with E-state index in [1.54, 1.807) is 0 Å². The van der Waals surface area contributed by atoms with E-state index in [0.717, 1.165) is 5.56 Å². The fourth-order valence-electron chi connectivity index (χ4n) is 1.82. The molecule has 1 atom stereocenters. The van der Waals surface area contributed by atoms with Crippen molar-refractivity contribution in [1.82, 2.24) is 10.6 Å². The molecule has 3 N–H and O–H groups in total. The van der Waals surface area contributed by atoms with E-state index in [0.29, 0.717) is 13.0 Å². The lowest BCUT2D eigenvalue weighted by molar-refractivity contribution is -0.140. The van der Waals surface area contributed by atoms with Crippen LogP contribution in [-0.4, -0.2) is 29.6 Å². The van der Waals surface area contributed by atoms with E-state index in [-0.39, 0.29) is 18.4 Å². The van der Waals surface area contributed by atoms with Crippen molar-refractivity contribution in [2.75, 3.05) is 6.54 Å². The summed E-state index contributed by atoms with van der Waals surface area (Å²) in [5, 5.41) is 14.6. The lowest BCUT2D eigenvalue weighted by Gasteiger charge is -2.16. The van der Waals surface area contributed by atoms with Crippen LogP contribution in [-0.2, 0) is 16.1 Å².